The predicted molar refractivity (Wildman–Crippen MR) is 244 cm³/mol. The number of phosphoric acid groups is 1. The maximum absolute atomic E-state index is 12.4. The Bertz CT molecular complexity index is 1120. The Morgan fingerprint density at radius 1 is 0.466 bits per heavy atom. The van der Waals surface area contributed by atoms with Crippen LogP contribution >= 0.6 is 7.82 Å². The van der Waals surface area contributed by atoms with Gasteiger partial charge < -0.3 is 19.3 Å². The number of carbonyl (C=O) groups excluding carboxylic acids is 2. The molecule has 0 spiro atoms. The Morgan fingerprint density at radius 2 is 0.828 bits per heavy atom. The van der Waals surface area contributed by atoms with Crippen LogP contribution in [0.25, 0.3) is 0 Å². The third kappa shape index (κ3) is 46.4. The van der Waals surface area contributed by atoms with Crippen molar-refractivity contribution in [1.29, 1.82) is 0 Å². The summed E-state index contributed by atoms with van der Waals surface area (Å²) < 4.78 is 26.5. The molecule has 0 aromatic rings. The van der Waals surface area contributed by atoms with Gasteiger partial charge in [-0.05, 0) is 57.8 Å². The topological polar surface area (TPSA) is 119 Å². The van der Waals surface area contributed by atoms with Crippen molar-refractivity contribution in [2.45, 2.75) is 225 Å². The fourth-order valence-electron chi connectivity index (χ4n) is 6.58. The van der Waals surface area contributed by atoms with Crippen LogP contribution in [-0.2, 0) is 28.2 Å². The molecule has 2 N–H and O–H groups in total. The Kier molecular flexibility index (Phi) is 42.6. The lowest BCUT2D eigenvalue weighted by Gasteiger charge is -2.18. The minimum atomic E-state index is -4.77. The highest BCUT2D eigenvalue weighted by Gasteiger charge is 2.22. The molecule has 0 saturated heterocycles. The van der Waals surface area contributed by atoms with Gasteiger partial charge in [0.25, 0.3) is 0 Å². The van der Waals surface area contributed by atoms with Crippen molar-refractivity contribution < 1.29 is 37.9 Å². The number of allylic oxidation sites excluding steroid dienone is 10. The van der Waals surface area contributed by atoms with Crippen LogP contribution in [0.1, 0.15) is 219 Å². The minimum Gasteiger partial charge on any atom is -0.462 e. The zero-order chi connectivity index (χ0) is 42.5. The minimum absolute atomic E-state index is 0.172. The van der Waals surface area contributed by atoms with Crippen LogP contribution in [0.5, 0.6) is 0 Å². The fraction of sp³-hybridized carbons (Fsp3) is 0.755. The van der Waals surface area contributed by atoms with E-state index in [1.54, 1.807) is 0 Å². The van der Waals surface area contributed by atoms with Gasteiger partial charge in [0, 0.05) is 12.8 Å². The van der Waals surface area contributed by atoms with Crippen LogP contribution in [0.15, 0.2) is 60.8 Å². The second-order valence-electron chi connectivity index (χ2n) is 15.7. The SMILES string of the molecule is CC/C=C\C/C=C\C/C=C\C/C=C\C/C=C\CCCCCC(=O)OC(COC(=O)CCCCCCCCCCCCCCCCCCCCCCC)COP(=O)(O)O. The number of carbonyl (C=O) groups is 2. The van der Waals surface area contributed by atoms with E-state index >= 15 is 0 Å². The first-order chi connectivity index (χ1) is 28.3. The summed E-state index contributed by atoms with van der Waals surface area (Å²) in [5, 5.41) is 0. The zero-order valence-corrected chi connectivity index (χ0v) is 38.1. The molecule has 0 aliphatic rings. The molecular formula is C49H87O8P. The van der Waals surface area contributed by atoms with Crippen molar-refractivity contribution in [3.63, 3.8) is 0 Å². The number of unbranched alkanes of at least 4 members (excludes halogenated alkanes) is 23. The molecule has 0 aliphatic heterocycles. The van der Waals surface area contributed by atoms with Gasteiger partial charge in [-0.3, -0.25) is 14.1 Å². The number of hydrogen-bond donors (Lipinski definition) is 2. The monoisotopic (exact) mass is 835 g/mol. The maximum atomic E-state index is 12.4. The van der Waals surface area contributed by atoms with E-state index < -0.39 is 32.5 Å². The van der Waals surface area contributed by atoms with Crippen LogP contribution in [0.2, 0.25) is 0 Å². The Morgan fingerprint density at radius 3 is 1.24 bits per heavy atom. The van der Waals surface area contributed by atoms with Crippen LogP contribution in [0, 0.1) is 0 Å². The molecule has 0 aromatic carbocycles. The highest BCUT2D eigenvalue weighted by Crippen LogP contribution is 2.36. The molecule has 0 rings (SSSR count). The van der Waals surface area contributed by atoms with Crippen LogP contribution < -0.4 is 0 Å². The van der Waals surface area contributed by atoms with E-state index in [0.717, 1.165) is 70.6 Å². The summed E-state index contributed by atoms with van der Waals surface area (Å²) in [6.07, 6.45) is 56.6. The number of rotatable bonds is 43. The number of hydrogen-bond acceptors (Lipinski definition) is 6. The lowest BCUT2D eigenvalue weighted by Crippen LogP contribution is -2.29. The van der Waals surface area contributed by atoms with Gasteiger partial charge in [0.2, 0.25) is 0 Å². The molecule has 0 amide bonds. The van der Waals surface area contributed by atoms with Gasteiger partial charge in [-0.15, -0.1) is 0 Å². The molecule has 1 unspecified atom stereocenters. The quantitative estimate of drug-likeness (QED) is 0.0270. The van der Waals surface area contributed by atoms with Crippen molar-refractivity contribution in [3.05, 3.63) is 60.8 Å². The summed E-state index contributed by atoms with van der Waals surface area (Å²) >= 11 is 0. The largest absolute Gasteiger partial charge is 0.469 e. The zero-order valence-electron chi connectivity index (χ0n) is 37.2. The van der Waals surface area contributed by atoms with Crippen LogP contribution in [-0.4, -0.2) is 41.0 Å². The highest BCUT2D eigenvalue weighted by atomic mass is 31.2. The summed E-state index contributed by atoms with van der Waals surface area (Å²) in [6, 6.07) is 0. The molecule has 336 valence electrons. The first-order valence-electron chi connectivity index (χ1n) is 23.6. The van der Waals surface area contributed by atoms with Crippen molar-refractivity contribution in [2.75, 3.05) is 13.2 Å². The average molecular weight is 835 g/mol. The number of esters is 2. The van der Waals surface area contributed by atoms with Gasteiger partial charge >= 0.3 is 19.8 Å². The summed E-state index contributed by atoms with van der Waals surface area (Å²) in [7, 11) is -4.77. The molecule has 9 heteroatoms. The molecule has 0 heterocycles. The Balaban J connectivity index is 3.90. The van der Waals surface area contributed by atoms with E-state index in [1.165, 1.54) is 116 Å². The molecular weight excluding hydrogens is 748 g/mol. The summed E-state index contributed by atoms with van der Waals surface area (Å²) in [5.74, 6) is -0.917. The van der Waals surface area contributed by atoms with Crippen molar-refractivity contribution in [3.8, 4) is 0 Å². The van der Waals surface area contributed by atoms with E-state index in [0.29, 0.717) is 6.42 Å². The van der Waals surface area contributed by atoms with Gasteiger partial charge in [0.1, 0.15) is 6.61 Å². The van der Waals surface area contributed by atoms with Gasteiger partial charge in [-0.2, -0.15) is 0 Å². The maximum Gasteiger partial charge on any atom is 0.469 e. The lowest BCUT2D eigenvalue weighted by atomic mass is 10.0. The van der Waals surface area contributed by atoms with Gasteiger partial charge in [-0.1, -0.05) is 209 Å². The van der Waals surface area contributed by atoms with Crippen molar-refractivity contribution >= 4 is 19.8 Å². The first kappa shape index (κ1) is 55.8. The molecule has 1 atom stereocenters. The molecule has 0 saturated carbocycles. The van der Waals surface area contributed by atoms with Crippen LogP contribution in [0.3, 0.4) is 0 Å². The van der Waals surface area contributed by atoms with E-state index in [2.05, 4.69) is 79.1 Å². The molecule has 0 bridgehead atoms. The Hall–Kier alpha value is -2.25. The molecule has 0 aliphatic carbocycles. The molecule has 0 radical (unpaired) electrons. The highest BCUT2D eigenvalue weighted by molar-refractivity contribution is 7.46. The fourth-order valence-corrected chi connectivity index (χ4v) is 6.94. The molecule has 0 fully saturated rings. The molecule has 58 heavy (non-hydrogen) atoms. The number of ether oxygens (including phenoxy) is 2. The van der Waals surface area contributed by atoms with Crippen LogP contribution in [0.4, 0.5) is 0 Å². The first-order valence-corrected chi connectivity index (χ1v) is 25.1. The second-order valence-corrected chi connectivity index (χ2v) is 16.9. The van der Waals surface area contributed by atoms with E-state index in [4.69, 9.17) is 19.3 Å². The van der Waals surface area contributed by atoms with Gasteiger partial charge in [-0.25, -0.2) is 4.57 Å². The summed E-state index contributed by atoms with van der Waals surface area (Å²) in [5.41, 5.74) is 0. The number of phosphoric ester groups is 1. The Labute approximate surface area is 356 Å². The molecule has 0 aromatic heterocycles. The standard InChI is InChI=1S/C49H87O8P/c1-3-5-7-9-11-13-15-17-19-21-23-24-26-27-29-31-33-35-37-39-41-43-48(50)55-45-47(46-56-58(52,53)54)57-49(51)44-42-40-38-36-34-32-30-28-25-22-20-18-16-14-12-10-8-6-4-2/h6,8,12,14,18,20,25,28,32,34,47H,3-5,7,9-11,13,15-17,19,21-24,26-27,29-31,33,35-46H2,1-2H3,(H2,52,53,54)/b8-6-,14-12-,20-18-,28-25-,34-32-. The third-order valence-corrected chi connectivity index (χ3v) is 10.5. The van der Waals surface area contributed by atoms with Gasteiger partial charge in [0.15, 0.2) is 6.10 Å². The van der Waals surface area contributed by atoms with Gasteiger partial charge in [0.05, 0.1) is 6.61 Å². The lowest BCUT2D eigenvalue weighted by molar-refractivity contribution is -0.161. The van der Waals surface area contributed by atoms with E-state index in [1.807, 2.05) is 0 Å². The van der Waals surface area contributed by atoms with Crippen molar-refractivity contribution in [2.24, 2.45) is 0 Å². The van der Waals surface area contributed by atoms with E-state index in [-0.39, 0.29) is 19.4 Å². The van der Waals surface area contributed by atoms with E-state index in [9.17, 15) is 14.2 Å². The predicted octanol–water partition coefficient (Wildman–Crippen LogP) is 14.9. The average Bonchev–Trinajstić information content (AvgIpc) is 3.20. The second kappa shape index (κ2) is 44.3. The molecule has 8 nitrogen and oxygen atoms in total. The summed E-state index contributed by atoms with van der Waals surface area (Å²) in [4.78, 5) is 43.0. The summed E-state index contributed by atoms with van der Waals surface area (Å²) in [6.45, 7) is 3.57. The van der Waals surface area contributed by atoms with Crippen molar-refractivity contribution in [1.82, 2.24) is 0 Å². The normalized spacial score (nSPS) is 13.0. The third-order valence-electron chi connectivity index (χ3n) is 10.1. The smallest absolute Gasteiger partial charge is 0.462 e.